The Balaban J connectivity index is 1.90. The van der Waals surface area contributed by atoms with Crippen molar-refractivity contribution in [3.05, 3.63) is 30.1 Å². The second kappa shape index (κ2) is 5.62. The number of rotatable bonds is 4. The van der Waals surface area contributed by atoms with Crippen LogP contribution in [0.1, 0.15) is 24.8 Å². The molecular weight excluding hydrogens is 232 g/mol. The molecule has 0 spiro atoms. The molecule has 1 aromatic heterocycles. The minimum atomic E-state index is -0.820. The topological polar surface area (TPSA) is 79.3 Å². The van der Waals surface area contributed by atoms with Crippen molar-refractivity contribution in [2.75, 3.05) is 0 Å². The number of carbonyl (C=O) groups is 2. The molecule has 5 nitrogen and oxygen atoms in total. The van der Waals surface area contributed by atoms with Gasteiger partial charge in [-0.25, -0.2) is 0 Å². The van der Waals surface area contributed by atoms with Crippen molar-refractivity contribution in [1.82, 2.24) is 10.3 Å². The van der Waals surface area contributed by atoms with E-state index in [0.29, 0.717) is 6.42 Å². The molecule has 2 N–H and O–H groups in total. The molecular formula is C13H16N2O3. The Hall–Kier alpha value is -1.91. The van der Waals surface area contributed by atoms with Crippen LogP contribution in [0.4, 0.5) is 0 Å². The first-order chi connectivity index (χ1) is 8.66. The van der Waals surface area contributed by atoms with Crippen LogP contribution < -0.4 is 5.32 Å². The number of nitrogens with one attached hydrogen (secondary N) is 1. The average Bonchev–Trinajstić information content (AvgIpc) is 2.78. The van der Waals surface area contributed by atoms with Gasteiger partial charge in [0.2, 0.25) is 5.91 Å². The summed E-state index contributed by atoms with van der Waals surface area (Å²) in [4.78, 5) is 26.7. The maximum atomic E-state index is 11.8. The summed E-state index contributed by atoms with van der Waals surface area (Å²) in [5.74, 6) is -1.40. The lowest BCUT2D eigenvalue weighted by Crippen LogP contribution is -2.40. The van der Waals surface area contributed by atoms with Gasteiger partial charge in [-0.15, -0.1) is 0 Å². The number of hydrogen-bond acceptors (Lipinski definition) is 3. The first-order valence-corrected chi connectivity index (χ1v) is 6.08. The van der Waals surface area contributed by atoms with E-state index >= 15 is 0 Å². The summed E-state index contributed by atoms with van der Waals surface area (Å²) >= 11 is 0. The van der Waals surface area contributed by atoms with E-state index < -0.39 is 11.9 Å². The number of aromatic nitrogens is 1. The van der Waals surface area contributed by atoms with Crippen LogP contribution in [-0.2, 0) is 16.0 Å². The summed E-state index contributed by atoms with van der Waals surface area (Å²) in [7, 11) is 0. The van der Waals surface area contributed by atoms with Gasteiger partial charge in [0.1, 0.15) is 0 Å². The highest BCUT2D eigenvalue weighted by atomic mass is 16.4. The molecule has 0 aromatic carbocycles. The van der Waals surface area contributed by atoms with Gasteiger partial charge in [0.25, 0.3) is 0 Å². The number of aliphatic carboxylic acids is 1. The Morgan fingerprint density at radius 1 is 1.44 bits per heavy atom. The molecule has 1 saturated carbocycles. The van der Waals surface area contributed by atoms with E-state index in [1.807, 2.05) is 6.07 Å². The van der Waals surface area contributed by atoms with Crippen LogP contribution in [0.15, 0.2) is 24.5 Å². The zero-order valence-electron chi connectivity index (χ0n) is 10.0. The highest BCUT2D eigenvalue weighted by Crippen LogP contribution is 2.25. The predicted octanol–water partition coefficient (Wildman–Crippen LogP) is 0.994. The van der Waals surface area contributed by atoms with Crippen molar-refractivity contribution >= 4 is 11.9 Å². The van der Waals surface area contributed by atoms with Crippen molar-refractivity contribution in [2.45, 2.75) is 31.7 Å². The number of hydrogen-bond donors (Lipinski definition) is 2. The standard InChI is InChI=1S/C13H16N2O3/c16-12(7-9-3-2-6-14-8-9)15-11-5-1-4-10(11)13(17)18/h2-3,6,8,10-11H,1,4-5,7H2,(H,15,16)(H,17,18). The van der Waals surface area contributed by atoms with Crippen molar-refractivity contribution in [1.29, 1.82) is 0 Å². The molecule has 18 heavy (non-hydrogen) atoms. The molecule has 1 heterocycles. The van der Waals surface area contributed by atoms with Crippen LogP contribution in [-0.4, -0.2) is 28.0 Å². The molecule has 0 aliphatic heterocycles. The summed E-state index contributed by atoms with van der Waals surface area (Å²) in [5.41, 5.74) is 0.833. The van der Waals surface area contributed by atoms with Crippen LogP contribution >= 0.6 is 0 Å². The van der Waals surface area contributed by atoms with Gasteiger partial charge in [0, 0.05) is 18.4 Å². The predicted molar refractivity (Wildman–Crippen MR) is 64.8 cm³/mol. The molecule has 1 fully saturated rings. The largest absolute Gasteiger partial charge is 0.481 e. The Bertz CT molecular complexity index is 433. The van der Waals surface area contributed by atoms with Crippen molar-refractivity contribution in [3.8, 4) is 0 Å². The average molecular weight is 248 g/mol. The van der Waals surface area contributed by atoms with Gasteiger partial charge < -0.3 is 10.4 Å². The second-order valence-corrected chi connectivity index (χ2v) is 4.59. The van der Waals surface area contributed by atoms with E-state index in [2.05, 4.69) is 10.3 Å². The van der Waals surface area contributed by atoms with Gasteiger partial charge in [-0.2, -0.15) is 0 Å². The first kappa shape index (κ1) is 12.5. The first-order valence-electron chi connectivity index (χ1n) is 6.08. The Labute approximate surface area is 105 Å². The van der Waals surface area contributed by atoms with Gasteiger partial charge in [-0.3, -0.25) is 14.6 Å². The van der Waals surface area contributed by atoms with Crippen LogP contribution in [0.5, 0.6) is 0 Å². The highest BCUT2D eigenvalue weighted by Gasteiger charge is 2.33. The molecule has 1 aromatic rings. The fourth-order valence-corrected chi connectivity index (χ4v) is 2.37. The zero-order chi connectivity index (χ0) is 13.0. The lowest BCUT2D eigenvalue weighted by Gasteiger charge is -2.17. The number of pyridine rings is 1. The van der Waals surface area contributed by atoms with E-state index in [1.54, 1.807) is 18.5 Å². The molecule has 1 aliphatic rings. The molecule has 1 amide bonds. The van der Waals surface area contributed by atoms with Gasteiger partial charge in [-0.1, -0.05) is 12.5 Å². The van der Waals surface area contributed by atoms with Gasteiger partial charge in [-0.05, 0) is 24.5 Å². The van der Waals surface area contributed by atoms with Gasteiger partial charge in [0.05, 0.1) is 12.3 Å². The third kappa shape index (κ3) is 3.06. The molecule has 2 unspecified atom stereocenters. The van der Waals surface area contributed by atoms with E-state index in [-0.39, 0.29) is 18.4 Å². The zero-order valence-corrected chi connectivity index (χ0v) is 10.0. The Morgan fingerprint density at radius 2 is 2.28 bits per heavy atom. The molecule has 2 rings (SSSR count). The Morgan fingerprint density at radius 3 is 2.94 bits per heavy atom. The molecule has 96 valence electrons. The van der Waals surface area contributed by atoms with Crippen LogP contribution in [0.3, 0.4) is 0 Å². The maximum absolute atomic E-state index is 11.8. The Kier molecular flexibility index (Phi) is 3.92. The normalized spacial score (nSPS) is 22.7. The quantitative estimate of drug-likeness (QED) is 0.833. The summed E-state index contributed by atoms with van der Waals surface area (Å²) in [5, 5.41) is 11.8. The summed E-state index contributed by atoms with van der Waals surface area (Å²) < 4.78 is 0. The molecule has 1 aliphatic carbocycles. The highest BCUT2D eigenvalue weighted by molar-refractivity contribution is 5.80. The molecule has 0 bridgehead atoms. The fourth-order valence-electron chi connectivity index (χ4n) is 2.37. The number of nitrogens with zero attached hydrogens (tertiary/aromatic N) is 1. The minimum Gasteiger partial charge on any atom is -0.481 e. The van der Waals surface area contributed by atoms with Crippen LogP contribution in [0, 0.1) is 5.92 Å². The van der Waals surface area contributed by atoms with Crippen molar-refractivity contribution < 1.29 is 14.7 Å². The lowest BCUT2D eigenvalue weighted by molar-refractivity contribution is -0.142. The number of carboxylic acid groups (broad SMARTS) is 1. The molecule has 0 radical (unpaired) electrons. The van der Waals surface area contributed by atoms with Crippen LogP contribution in [0.25, 0.3) is 0 Å². The van der Waals surface area contributed by atoms with Crippen molar-refractivity contribution in [3.63, 3.8) is 0 Å². The minimum absolute atomic E-state index is 0.138. The van der Waals surface area contributed by atoms with Gasteiger partial charge in [0.15, 0.2) is 0 Å². The SMILES string of the molecule is O=C(Cc1cccnc1)NC1CCCC1C(=O)O. The maximum Gasteiger partial charge on any atom is 0.308 e. The molecule has 2 atom stereocenters. The summed E-state index contributed by atoms with van der Waals surface area (Å²) in [6, 6.07) is 3.38. The van der Waals surface area contributed by atoms with Crippen LogP contribution in [0.2, 0.25) is 0 Å². The third-order valence-electron chi connectivity index (χ3n) is 3.27. The summed E-state index contributed by atoms with van der Waals surface area (Å²) in [6.45, 7) is 0. The lowest BCUT2D eigenvalue weighted by atomic mass is 10.0. The molecule has 0 saturated heterocycles. The van der Waals surface area contributed by atoms with Crippen molar-refractivity contribution in [2.24, 2.45) is 5.92 Å². The van der Waals surface area contributed by atoms with E-state index in [1.165, 1.54) is 0 Å². The van der Waals surface area contributed by atoms with E-state index in [9.17, 15) is 9.59 Å². The van der Waals surface area contributed by atoms with E-state index in [4.69, 9.17) is 5.11 Å². The van der Waals surface area contributed by atoms with E-state index in [0.717, 1.165) is 18.4 Å². The monoisotopic (exact) mass is 248 g/mol. The fraction of sp³-hybridized carbons (Fsp3) is 0.462. The number of carboxylic acids is 1. The smallest absolute Gasteiger partial charge is 0.308 e. The second-order valence-electron chi connectivity index (χ2n) is 4.59. The molecule has 5 heteroatoms. The van der Waals surface area contributed by atoms with Gasteiger partial charge >= 0.3 is 5.97 Å². The third-order valence-corrected chi connectivity index (χ3v) is 3.27. The number of amides is 1. The summed E-state index contributed by atoms with van der Waals surface area (Å²) in [6.07, 6.45) is 5.79. The number of carbonyl (C=O) groups excluding carboxylic acids is 1.